The molecule has 0 spiro atoms. The van der Waals surface area contributed by atoms with Crippen LogP contribution in [0, 0.1) is 0 Å². The third-order valence-corrected chi connectivity index (χ3v) is 4.32. The largest absolute Gasteiger partial charge is 0.444 e. The fourth-order valence-corrected chi connectivity index (χ4v) is 2.77. The molecule has 3 aromatic carbocycles. The molecule has 4 rings (SSSR count). The average Bonchev–Trinajstić information content (AvgIpc) is 3.20. The highest BCUT2D eigenvalue weighted by molar-refractivity contribution is 6.30. The number of oxazole rings is 1. The minimum Gasteiger partial charge on any atom is -0.444 e. The van der Waals surface area contributed by atoms with Gasteiger partial charge < -0.3 is 9.73 Å². The number of amides is 1. The fourth-order valence-electron chi connectivity index (χ4n) is 2.65. The summed E-state index contributed by atoms with van der Waals surface area (Å²) in [6.07, 6.45) is 1.64. The van der Waals surface area contributed by atoms with Gasteiger partial charge >= 0.3 is 0 Å². The van der Waals surface area contributed by atoms with E-state index < -0.39 is 0 Å². The molecule has 4 nitrogen and oxygen atoms in total. The van der Waals surface area contributed by atoms with Crippen LogP contribution in [0.3, 0.4) is 0 Å². The van der Waals surface area contributed by atoms with Gasteiger partial charge in [0.2, 0.25) is 5.89 Å². The first-order valence-electron chi connectivity index (χ1n) is 8.37. The van der Waals surface area contributed by atoms with Crippen molar-refractivity contribution in [2.45, 2.75) is 0 Å². The monoisotopic (exact) mass is 374 g/mol. The molecule has 1 aromatic heterocycles. The van der Waals surface area contributed by atoms with Crippen LogP contribution < -0.4 is 5.32 Å². The number of benzene rings is 3. The number of nitrogens with zero attached hydrogens (tertiary/aromatic N) is 1. The molecular formula is C22H15ClN2O2. The van der Waals surface area contributed by atoms with Crippen LogP contribution in [0.4, 0.5) is 5.69 Å². The molecule has 0 saturated carbocycles. The Balaban J connectivity index is 1.48. The number of anilines is 1. The van der Waals surface area contributed by atoms with Gasteiger partial charge in [-0.1, -0.05) is 41.9 Å². The summed E-state index contributed by atoms with van der Waals surface area (Å²) < 4.78 is 5.60. The molecule has 0 saturated heterocycles. The lowest BCUT2D eigenvalue weighted by molar-refractivity contribution is 0.102. The highest BCUT2D eigenvalue weighted by Crippen LogP contribution is 2.25. The molecule has 1 heterocycles. The summed E-state index contributed by atoms with van der Waals surface area (Å²) >= 11 is 5.85. The van der Waals surface area contributed by atoms with Crippen LogP contribution in [0.15, 0.2) is 89.5 Å². The van der Waals surface area contributed by atoms with Gasteiger partial charge in [0.1, 0.15) is 12.0 Å². The number of aromatic nitrogens is 1. The van der Waals surface area contributed by atoms with Crippen molar-refractivity contribution in [1.29, 1.82) is 0 Å². The Labute approximate surface area is 161 Å². The summed E-state index contributed by atoms with van der Waals surface area (Å²) in [5.74, 6) is 0.339. The van der Waals surface area contributed by atoms with Gasteiger partial charge in [0, 0.05) is 27.4 Å². The van der Waals surface area contributed by atoms with E-state index in [-0.39, 0.29) is 5.91 Å². The minimum atomic E-state index is -0.193. The molecule has 132 valence electrons. The zero-order chi connectivity index (χ0) is 18.6. The lowest BCUT2D eigenvalue weighted by Crippen LogP contribution is -2.11. The number of rotatable bonds is 4. The third kappa shape index (κ3) is 3.91. The molecule has 0 radical (unpaired) electrons. The van der Waals surface area contributed by atoms with Gasteiger partial charge in [-0.15, -0.1) is 0 Å². The maximum absolute atomic E-state index is 12.3. The van der Waals surface area contributed by atoms with Crippen molar-refractivity contribution in [2.75, 3.05) is 5.32 Å². The molecular weight excluding hydrogens is 360 g/mol. The SMILES string of the molecule is O=C(Nc1ccc(-c2nc(-c3ccccc3)co2)cc1)c1ccc(Cl)cc1. The summed E-state index contributed by atoms with van der Waals surface area (Å²) in [6, 6.07) is 23.9. The Morgan fingerprint density at radius 3 is 2.26 bits per heavy atom. The van der Waals surface area contributed by atoms with Crippen molar-refractivity contribution in [3.8, 4) is 22.7 Å². The van der Waals surface area contributed by atoms with Gasteiger partial charge in [0.25, 0.3) is 5.91 Å². The van der Waals surface area contributed by atoms with E-state index in [0.717, 1.165) is 16.8 Å². The topological polar surface area (TPSA) is 55.1 Å². The lowest BCUT2D eigenvalue weighted by atomic mass is 10.1. The normalized spacial score (nSPS) is 10.6. The first-order valence-corrected chi connectivity index (χ1v) is 8.75. The summed E-state index contributed by atoms with van der Waals surface area (Å²) in [4.78, 5) is 16.8. The zero-order valence-corrected chi connectivity index (χ0v) is 15.0. The van der Waals surface area contributed by atoms with Gasteiger partial charge in [0.05, 0.1) is 0 Å². The molecule has 4 aromatic rings. The Morgan fingerprint density at radius 1 is 0.852 bits per heavy atom. The molecule has 0 unspecified atom stereocenters. The first-order chi connectivity index (χ1) is 13.2. The van der Waals surface area contributed by atoms with E-state index in [4.69, 9.17) is 16.0 Å². The Kier molecular flexibility index (Phi) is 4.73. The van der Waals surface area contributed by atoms with E-state index in [1.54, 1.807) is 30.5 Å². The van der Waals surface area contributed by atoms with E-state index in [1.165, 1.54) is 0 Å². The number of halogens is 1. The van der Waals surface area contributed by atoms with Crippen LogP contribution in [0.2, 0.25) is 5.02 Å². The smallest absolute Gasteiger partial charge is 0.255 e. The van der Waals surface area contributed by atoms with Crippen molar-refractivity contribution in [2.24, 2.45) is 0 Å². The molecule has 5 heteroatoms. The molecule has 0 fully saturated rings. The van der Waals surface area contributed by atoms with Crippen LogP contribution in [-0.4, -0.2) is 10.9 Å². The molecule has 0 bridgehead atoms. The van der Waals surface area contributed by atoms with E-state index in [9.17, 15) is 4.79 Å². The number of carbonyl (C=O) groups is 1. The second kappa shape index (κ2) is 7.48. The van der Waals surface area contributed by atoms with Gasteiger partial charge in [-0.05, 0) is 48.5 Å². The predicted octanol–water partition coefficient (Wildman–Crippen LogP) is 5.91. The van der Waals surface area contributed by atoms with Crippen molar-refractivity contribution in [1.82, 2.24) is 4.98 Å². The van der Waals surface area contributed by atoms with Crippen molar-refractivity contribution >= 4 is 23.2 Å². The van der Waals surface area contributed by atoms with E-state index in [0.29, 0.717) is 22.2 Å². The van der Waals surface area contributed by atoms with Gasteiger partial charge in [-0.3, -0.25) is 4.79 Å². The van der Waals surface area contributed by atoms with Crippen LogP contribution in [0.1, 0.15) is 10.4 Å². The molecule has 27 heavy (non-hydrogen) atoms. The second-order valence-electron chi connectivity index (χ2n) is 5.94. The van der Waals surface area contributed by atoms with Crippen molar-refractivity contribution in [3.05, 3.63) is 95.7 Å². The Morgan fingerprint density at radius 2 is 1.56 bits per heavy atom. The second-order valence-corrected chi connectivity index (χ2v) is 6.38. The van der Waals surface area contributed by atoms with E-state index >= 15 is 0 Å². The average molecular weight is 375 g/mol. The van der Waals surface area contributed by atoms with Crippen LogP contribution >= 0.6 is 11.6 Å². The maximum Gasteiger partial charge on any atom is 0.255 e. The maximum atomic E-state index is 12.3. The summed E-state index contributed by atoms with van der Waals surface area (Å²) in [7, 11) is 0. The van der Waals surface area contributed by atoms with Crippen LogP contribution in [0.25, 0.3) is 22.7 Å². The lowest BCUT2D eigenvalue weighted by Gasteiger charge is -2.06. The fraction of sp³-hybridized carbons (Fsp3) is 0. The minimum absolute atomic E-state index is 0.193. The highest BCUT2D eigenvalue weighted by Gasteiger charge is 2.10. The van der Waals surface area contributed by atoms with Crippen molar-refractivity contribution in [3.63, 3.8) is 0 Å². The molecule has 0 aliphatic heterocycles. The predicted molar refractivity (Wildman–Crippen MR) is 107 cm³/mol. The molecule has 0 aliphatic carbocycles. The summed E-state index contributed by atoms with van der Waals surface area (Å²) in [5, 5.41) is 3.45. The number of hydrogen-bond acceptors (Lipinski definition) is 3. The van der Waals surface area contributed by atoms with Gasteiger partial charge in [-0.25, -0.2) is 4.98 Å². The summed E-state index contributed by atoms with van der Waals surface area (Å²) in [6.45, 7) is 0. The van der Waals surface area contributed by atoms with E-state index in [2.05, 4.69) is 10.3 Å². The zero-order valence-electron chi connectivity index (χ0n) is 14.2. The van der Waals surface area contributed by atoms with Crippen LogP contribution in [0.5, 0.6) is 0 Å². The number of nitrogens with one attached hydrogen (secondary N) is 1. The molecule has 0 atom stereocenters. The Hall–Kier alpha value is -3.37. The summed E-state index contributed by atoms with van der Waals surface area (Å²) in [5.41, 5.74) is 3.85. The number of carbonyl (C=O) groups excluding carboxylic acids is 1. The van der Waals surface area contributed by atoms with Crippen molar-refractivity contribution < 1.29 is 9.21 Å². The molecule has 1 amide bonds. The molecule has 0 aliphatic rings. The van der Waals surface area contributed by atoms with E-state index in [1.807, 2.05) is 54.6 Å². The molecule has 1 N–H and O–H groups in total. The highest BCUT2D eigenvalue weighted by atomic mass is 35.5. The quantitative estimate of drug-likeness (QED) is 0.482. The standard InChI is InChI=1S/C22H15ClN2O2/c23-18-10-6-16(7-11-18)21(26)24-19-12-8-17(9-13-19)22-25-20(14-27-22)15-4-2-1-3-5-15/h1-14H,(H,24,26). The third-order valence-electron chi connectivity index (χ3n) is 4.07. The van der Waals surface area contributed by atoms with Gasteiger partial charge in [0.15, 0.2) is 0 Å². The van der Waals surface area contributed by atoms with Gasteiger partial charge in [-0.2, -0.15) is 0 Å². The van der Waals surface area contributed by atoms with Crippen LogP contribution in [-0.2, 0) is 0 Å². The first kappa shape index (κ1) is 17.1. The Bertz CT molecular complexity index is 1060. The number of hydrogen-bond donors (Lipinski definition) is 1.